The number of amides is 1. The summed E-state index contributed by atoms with van der Waals surface area (Å²) in [5.74, 6) is 0.331. The summed E-state index contributed by atoms with van der Waals surface area (Å²) in [6.45, 7) is 1.93. The van der Waals surface area contributed by atoms with Gasteiger partial charge in [-0.1, -0.05) is 0 Å². The van der Waals surface area contributed by atoms with E-state index in [9.17, 15) is 4.79 Å². The lowest BCUT2D eigenvalue weighted by Crippen LogP contribution is -2.58. The Balaban J connectivity index is 2.28. The number of nitrogens with zero attached hydrogens (tertiary/aromatic N) is 4. The summed E-state index contributed by atoms with van der Waals surface area (Å²) in [5, 5.41) is 14.6. The van der Waals surface area contributed by atoms with Crippen molar-refractivity contribution >= 4 is 11.9 Å². The number of aromatic nitrogens is 2. The highest BCUT2D eigenvalue weighted by atomic mass is 16.2. The molecular formula is C11H14N6O. The summed E-state index contributed by atoms with van der Waals surface area (Å²) >= 11 is 0. The highest BCUT2D eigenvalue weighted by Crippen LogP contribution is 2.13. The van der Waals surface area contributed by atoms with Crippen LogP contribution in [0.4, 0.5) is 5.95 Å². The topological polar surface area (TPSA) is 93.9 Å². The van der Waals surface area contributed by atoms with Gasteiger partial charge in [0.05, 0.1) is 0 Å². The molecule has 1 aromatic rings. The molecule has 0 radical (unpaired) electrons. The van der Waals surface area contributed by atoms with E-state index in [-0.39, 0.29) is 11.9 Å². The average Bonchev–Trinajstić information content (AvgIpc) is 2.46. The van der Waals surface area contributed by atoms with Crippen molar-refractivity contribution in [3.05, 3.63) is 18.0 Å². The average molecular weight is 246 g/mol. The van der Waals surface area contributed by atoms with Crippen LogP contribution in [0, 0.1) is 11.3 Å². The highest BCUT2D eigenvalue weighted by molar-refractivity contribution is 5.85. The Morgan fingerprint density at radius 1 is 1.72 bits per heavy atom. The third kappa shape index (κ3) is 2.38. The number of rotatable bonds is 2. The number of anilines is 1. The molecule has 2 heterocycles. The first kappa shape index (κ1) is 12.3. The lowest BCUT2D eigenvalue weighted by molar-refractivity contribution is -0.122. The maximum atomic E-state index is 11.8. The molecule has 1 aromatic heterocycles. The number of nitriles is 1. The zero-order chi connectivity index (χ0) is 13.0. The van der Waals surface area contributed by atoms with Crippen molar-refractivity contribution in [1.29, 1.82) is 5.26 Å². The summed E-state index contributed by atoms with van der Waals surface area (Å²) in [5.41, 5.74) is 0.300. The molecule has 2 N–H and O–H groups in total. The molecule has 2 rings (SSSR count). The van der Waals surface area contributed by atoms with E-state index in [0.29, 0.717) is 24.7 Å². The molecule has 0 spiro atoms. The van der Waals surface area contributed by atoms with Gasteiger partial charge >= 0.3 is 0 Å². The summed E-state index contributed by atoms with van der Waals surface area (Å²) in [6.07, 6.45) is 1.53. The first-order valence-electron chi connectivity index (χ1n) is 5.68. The Morgan fingerprint density at radius 3 is 3.28 bits per heavy atom. The zero-order valence-electron chi connectivity index (χ0n) is 10.1. The molecule has 7 nitrogen and oxygen atoms in total. The van der Waals surface area contributed by atoms with Crippen LogP contribution in [0.25, 0.3) is 0 Å². The highest BCUT2D eigenvalue weighted by Gasteiger charge is 2.29. The van der Waals surface area contributed by atoms with E-state index in [4.69, 9.17) is 5.26 Å². The number of piperazine rings is 1. The van der Waals surface area contributed by atoms with Crippen molar-refractivity contribution in [2.75, 3.05) is 31.6 Å². The normalized spacial score (nSPS) is 19.1. The Kier molecular flexibility index (Phi) is 3.69. The molecule has 7 heteroatoms. The molecule has 0 saturated carbocycles. The quantitative estimate of drug-likeness (QED) is 0.686. The van der Waals surface area contributed by atoms with Crippen LogP contribution in [0.2, 0.25) is 0 Å². The number of carbonyl (C=O) groups is 1. The summed E-state index contributed by atoms with van der Waals surface area (Å²) in [4.78, 5) is 21.9. The zero-order valence-corrected chi connectivity index (χ0v) is 10.1. The predicted molar refractivity (Wildman–Crippen MR) is 64.8 cm³/mol. The second-order valence-corrected chi connectivity index (χ2v) is 3.88. The van der Waals surface area contributed by atoms with E-state index >= 15 is 0 Å². The summed E-state index contributed by atoms with van der Waals surface area (Å²) in [7, 11) is 1.60. The van der Waals surface area contributed by atoms with Crippen molar-refractivity contribution in [2.24, 2.45) is 0 Å². The van der Waals surface area contributed by atoms with Crippen molar-refractivity contribution in [3.8, 4) is 6.07 Å². The Hall–Kier alpha value is -2.20. The molecule has 0 bridgehead atoms. The second kappa shape index (κ2) is 5.42. The van der Waals surface area contributed by atoms with Gasteiger partial charge in [-0.15, -0.1) is 0 Å². The molecule has 1 amide bonds. The monoisotopic (exact) mass is 246 g/mol. The van der Waals surface area contributed by atoms with Gasteiger partial charge in [-0.05, 0) is 6.07 Å². The van der Waals surface area contributed by atoms with Crippen LogP contribution in [0.15, 0.2) is 12.3 Å². The van der Waals surface area contributed by atoms with E-state index in [0.717, 1.165) is 6.54 Å². The minimum Gasteiger partial charge on any atom is -0.357 e. The molecule has 1 fully saturated rings. The Labute approximate surface area is 105 Å². The third-order valence-corrected chi connectivity index (χ3v) is 2.81. The molecular weight excluding hydrogens is 232 g/mol. The number of nitrogens with one attached hydrogen (secondary N) is 2. The minimum absolute atomic E-state index is 0.0897. The molecule has 1 aliphatic rings. The number of likely N-dealkylation sites (N-methyl/N-ethyl adjacent to an activating group) is 1. The summed E-state index contributed by atoms with van der Waals surface area (Å²) in [6, 6.07) is 3.16. The molecule has 1 saturated heterocycles. The molecule has 1 aliphatic heterocycles. The van der Waals surface area contributed by atoms with Crippen LogP contribution in [0.3, 0.4) is 0 Å². The Morgan fingerprint density at radius 2 is 2.56 bits per heavy atom. The first-order valence-corrected chi connectivity index (χ1v) is 5.68. The van der Waals surface area contributed by atoms with Gasteiger partial charge in [0.15, 0.2) is 0 Å². The van der Waals surface area contributed by atoms with Crippen LogP contribution in [0.1, 0.15) is 5.69 Å². The molecule has 94 valence electrons. The SMILES string of the molecule is CNC(=O)C1CNCCN1c1nccc(C#N)n1. The van der Waals surface area contributed by atoms with E-state index in [1.807, 2.05) is 11.0 Å². The van der Waals surface area contributed by atoms with Gasteiger partial charge in [-0.2, -0.15) is 5.26 Å². The van der Waals surface area contributed by atoms with Gasteiger partial charge in [0.25, 0.3) is 0 Å². The van der Waals surface area contributed by atoms with Gasteiger partial charge in [0.2, 0.25) is 11.9 Å². The smallest absolute Gasteiger partial charge is 0.243 e. The molecule has 0 aliphatic carbocycles. The fourth-order valence-electron chi connectivity index (χ4n) is 1.89. The lowest BCUT2D eigenvalue weighted by atomic mass is 10.2. The van der Waals surface area contributed by atoms with Crippen LogP contribution in [0.5, 0.6) is 0 Å². The van der Waals surface area contributed by atoms with Crippen LogP contribution >= 0.6 is 0 Å². The van der Waals surface area contributed by atoms with Crippen molar-refractivity contribution in [3.63, 3.8) is 0 Å². The third-order valence-electron chi connectivity index (χ3n) is 2.81. The molecule has 1 unspecified atom stereocenters. The summed E-state index contributed by atoms with van der Waals surface area (Å²) < 4.78 is 0. The number of hydrogen-bond donors (Lipinski definition) is 2. The number of hydrogen-bond acceptors (Lipinski definition) is 6. The first-order chi connectivity index (χ1) is 8.76. The van der Waals surface area contributed by atoms with Crippen LogP contribution < -0.4 is 15.5 Å². The second-order valence-electron chi connectivity index (χ2n) is 3.88. The van der Waals surface area contributed by atoms with Gasteiger partial charge in [0, 0.05) is 32.9 Å². The van der Waals surface area contributed by atoms with Gasteiger partial charge in [-0.3, -0.25) is 4.79 Å². The molecule has 18 heavy (non-hydrogen) atoms. The van der Waals surface area contributed by atoms with E-state index in [1.54, 1.807) is 13.1 Å². The van der Waals surface area contributed by atoms with E-state index < -0.39 is 0 Å². The van der Waals surface area contributed by atoms with Crippen molar-refractivity contribution in [2.45, 2.75) is 6.04 Å². The molecule has 0 aromatic carbocycles. The van der Waals surface area contributed by atoms with Gasteiger partial charge in [0.1, 0.15) is 17.8 Å². The predicted octanol–water partition coefficient (Wildman–Crippen LogP) is -1.13. The van der Waals surface area contributed by atoms with Crippen molar-refractivity contribution in [1.82, 2.24) is 20.6 Å². The Bertz CT molecular complexity index is 483. The van der Waals surface area contributed by atoms with E-state index in [1.165, 1.54) is 6.20 Å². The van der Waals surface area contributed by atoms with Crippen LogP contribution in [-0.2, 0) is 4.79 Å². The van der Waals surface area contributed by atoms with Gasteiger partial charge in [-0.25, -0.2) is 9.97 Å². The van der Waals surface area contributed by atoms with E-state index in [2.05, 4.69) is 20.6 Å². The maximum Gasteiger partial charge on any atom is 0.243 e. The van der Waals surface area contributed by atoms with Crippen molar-refractivity contribution < 1.29 is 4.79 Å². The fourth-order valence-corrected chi connectivity index (χ4v) is 1.89. The fraction of sp³-hybridized carbons (Fsp3) is 0.455. The maximum absolute atomic E-state index is 11.8. The van der Waals surface area contributed by atoms with Crippen LogP contribution in [-0.4, -0.2) is 48.6 Å². The lowest BCUT2D eigenvalue weighted by Gasteiger charge is -2.34. The number of carbonyl (C=O) groups excluding carboxylic acids is 1. The van der Waals surface area contributed by atoms with Gasteiger partial charge < -0.3 is 15.5 Å². The largest absolute Gasteiger partial charge is 0.357 e. The molecule has 1 atom stereocenters. The minimum atomic E-state index is -0.349. The standard InChI is InChI=1S/C11H14N6O/c1-13-10(18)9-7-14-4-5-17(9)11-15-3-2-8(6-12)16-11/h2-3,9,14H,4-5,7H2,1H3,(H,13,18).